The van der Waals surface area contributed by atoms with Crippen LogP contribution in [0.15, 0.2) is 12.7 Å². The van der Waals surface area contributed by atoms with Gasteiger partial charge in [0.2, 0.25) is 0 Å². The van der Waals surface area contributed by atoms with E-state index in [0.717, 1.165) is 6.42 Å². The average Bonchev–Trinajstić information content (AvgIpc) is 3.17. The minimum absolute atomic E-state index is 0.104. The van der Waals surface area contributed by atoms with Crippen LogP contribution in [-0.4, -0.2) is 89.2 Å². The summed E-state index contributed by atoms with van der Waals surface area (Å²) in [5, 5.41) is 51.8. The minimum atomic E-state index is -1.50. The Bertz CT molecular complexity index is 713. The Kier molecular flexibility index (Phi) is 6.19. The first kappa shape index (κ1) is 19.9. The second-order valence-corrected chi connectivity index (χ2v) is 6.77. The second kappa shape index (κ2) is 8.42. The van der Waals surface area contributed by atoms with Gasteiger partial charge in [-0.3, -0.25) is 4.57 Å². The van der Waals surface area contributed by atoms with Gasteiger partial charge in [0.15, 0.2) is 23.6 Å². The van der Waals surface area contributed by atoms with Gasteiger partial charge in [0.25, 0.3) is 0 Å². The van der Waals surface area contributed by atoms with Gasteiger partial charge in [0, 0.05) is 13.2 Å². The molecule has 6 atom stereocenters. The number of anilines is 1. The van der Waals surface area contributed by atoms with Gasteiger partial charge in [-0.15, -0.1) is 0 Å². The quantitative estimate of drug-likeness (QED) is 0.320. The molecule has 0 aliphatic carbocycles. The van der Waals surface area contributed by atoms with Crippen molar-refractivity contribution in [2.75, 3.05) is 25.1 Å². The second-order valence-electron chi connectivity index (χ2n) is 6.77. The number of nitrogens with zero attached hydrogens (tertiary/aromatic N) is 4. The molecule has 0 saturated carbocycles. The minimum Gasteiger partial charge on any atom is -0.396 e. The highest BCUT2D eigenvalue weighted by molar-refractivity contribution is 5.66. The Morgan fingerprint density at radius 2 is 1.93 bits per heavy atom. The summed E-state index contributed by atoms with van der Waals surface area (Å²) in [5.41, 5.74) is 0.450. The molecule has 6 N–H and O–H groups in total. The molecule has 27 heavy (non-hydrogen) atoms. The number of hydrogen-bond acceptors (Lipinski definition) is 10. The molecule has 1 unspecified atom stereocenters. The van der Waals surface area contributed by atoms with Crippen molar-refractivity contribution in [2.45, 2.75) is 44.0 Å². The number of nitrogens with one attached hydrogen (secondary N) is 1. The first-order chi connectivity index (χ1) is 13.0. The van der Waals surface area contributed by atoms with E-state index in [9.17, 15) is 20.4 Å². The van der Waals surface area contributed by atoms with E-state index in [2.05, 4.69) is 20.3 Å². The van der Waals surface area contributed by atoms with Gasteiger partial charge in [-0.25, -0.2) is 15.0 Å². The van der Waals surface area contributed by atoms with E-state index in [1.54, 1.807) is 0 Å². The fourth-order valence-corrected chi connectivity index (χ4v) is 3.01. The van der Waals surface area contributed by atoms with Gasteiger partial charge < -0.3 is 35.6 Å². The molecule has 11 heteroatoms. The van der Waals surface area contributed by atoms with E-state index >= 15 is 0 Å². The van der Waals surface area contributed by atoms with Gasteiger partial charge in [0.1, 0.15) is 37.1 Å². The summed E-state index contributed by atoms with van der Waals surface area (Å²) in [6.45, 7) is 2.10. The molecule has 3 heterocycles. The van der Waals surface area contributed by atoms with Crippen LogP contribution in [0, 0.1) is 5.92 Å². The zero-order valence-corrected chi connectivity index (χ0v) is 14.9. The monoisotopic (exact) mass is 383 g/mol. The maximum atomic E-state index is 10.3. The van der Waals surface area contributed by atoms with Gasteiger partial charge in [0.05, 0.1) is 6.61 Å². The van der Waals surface area contributed by atoms with Crippen LogP contribution < -0.4 is 5.32 Å². The Hall–Kier alpha value is -1.89. The van der Waals surface area contributed by atoms with Gasteiger partial charge in [-0.2, -0.15) is 0 Å². The van der Waals surface area contributed by atoms with Crippen LogP contribution in [0.1, 0.15) is 19.6 Å². The van der Waals surface area contributed by atoms with Gasteiger partial charge >= 0.3 is 0 Å². The molecule has 3 rings (SSSR count). The molecule has 1 saturated heterocycles. The molecule has 0 bridgehead atoms. The van der Waals surface area contributed by atoms with Crippen molar-refractivity contribution >= 4 is 5.82 Å². The first-order valence-electron chi connectivity index (χ1n) is 8.80. The Morgan fingerprint density at radius 3 is 2.63 bits per heavy atom. The summed E-state index contributed by atoms with van der Waals surface area (Å²) < 4.78 is 6.97. The fourth-order valence-electron chi connectivity index (χ4n) is 3.01. The number of fused-ring (bicyclic) bond motifs is 1. The summed E-state index contributed by atoms with van der Waals surface area (Å²) in [6.07, 6.45) is -3.04. The highest BCUT2D eigenvalue weighted by Gasteiger charge is 2.45. The summed E-state index contributed by atoms with van der Waals surface area (Å²) in [4.78, 5) is 12.7. The van der Waals surface area contributed by atoms with Gasteiger partial charge in [-0.05, 0) is 12.3 Å². The zero-order valence-electron chi connectivity index (χ0n) is 14.9. The molecule has 0 aromatic carbocycles. The van der Waals surface area contributed by atoms with Crippen molar-refractivity contribution in [3.05, 3.63) is 12.7 Å². The van der Waals surface area contributed by atoms with E-state index in [1.165, 1.54) is 17.2 Å². The van der Waals surface area contributed by atoms with E-state index < -0.39 is 37.3 Å². The average molecular weight is 383 g/mol. The normalized spacial score (nSPS) is 29.8. The summed E-state index contributed by atoms with van der Waals surface area (Å²) in [7, 11) is 0. The smallest absolute Gasteiger partial charge is 0.167 e. The van der Waals surface area contributed by atoms with Crippen molar-refractivity contribution in [2.24, 2.45) is 5.92 Å². The molecule has 3 aliphatic heterocycles. The highest BCUT2D eigenvalue weighted by Crippen LogP contribution is 2.33. The number of ether oxygens (including phenoxy) is 1. The predicted molar refractivity (Wildman–Crippen MR) is 92.8 cm³/mol. The van der Waals surface area contributed by atoms with E-state index in [4.69, 9.17) is 9.84 Å². The molecular weight excluding hydrogens is 358 g/mol. The first-order valence-corrected chi connectivity index (χ1v) is 8.80. The summed E-state index contributed by atoms with van der Waals surface area (Å²) >= 11 is 0. The Morgan fingerprint density at radius 1 is 1.15 bits per heavy atom. The Labute approximate surface area is 155 Å². The van der Waals surface area contributed by atoms with Crippen LogP contribution in [0.2, 0.25) is 0 Å². The third kappa shape index (κ3) is 3.88. The van der Waals surface area contributed by atoms with Crippen LogP contribution in [0.25, 0.3) is 11.5 Å². The number of imidazole rings is 1. The standard InChI is InChI=1S/C16H25N5O6/c1-8(4-22)2-3-17-14-10-15(19-6-18-10)21(7-20-14)16-13(26)12(25)11(24)9(5-23)27-16/h6-9,11-13,16-17,22-26H,2-5H2,1H3/t8?,9-,11-,12+,13-,16-/m1/s1. The van der Waals surface area contributed by atoms with Crippen LogP contribution in [0.5, 0.6) is 0 Å². The maximum Gasteiger partial charge on any atom is 0.167 e. The number of aliphatic hydroxyl groups is 5. The van der Waals surface area contributed by atoms with Crippen molar-refractivity contribution in [3.63, 3.8) is 0 Å². The fraction of sp³-hybridized carbons (Fsp3) is 0.688. The topological polar surface area (TPSA) is 166 Å². The maximum absolute atomic E-state index is 10.3. The SMILES string of the molecule is CC(CO)CCNc1ncn([C@@H]2O[C@H](CO)[C@@H](O)[C@H](O)[C@H]2O)c2ncnc1-2. The zero-order chi connectivity index (χ0) is 19.6. The molecule has 3 aliphatic rings. The lowest BCUT2D eigenvalue weighted by Crippen LogP contribution is -2.56. The molecule has 0 aromatic rings. The molecule has 0 aromatic heterocycles. The van der Waals surface area contributed by atoms with Gasteiger partial charge in [-0.1, -0.05) is 6.92 Å². The van der Waals surface area contributed by atoms with Crippen LogP contribution >= 0.6 is 0 Å². The molecule has 150 valence electrons. The van der Waals surface area contributed by atoms with Crippen molar-refractivity contribution in [1.29, 1.82) is 0 Å². The molecule has 1 fully saturated rings. The third-order valence-corrected chi connectivity index (χ3v) is 4.74. The largest absolute Gasteiger partial charge is 0.396 e. The number of hydrogen-bond donors (Lipinski definition) is 6. The summed E-state index contributed by atoms with van der Waals surface area (Å²) in [5.74, 6) is 1.02. The number of aromatic nitrogens is 4. The van der Waals surface area contributed by atoms with E-state index in [-0.39, 0.29) is 12.5 Å². The lowest BCUT2D eigenvalue weighted by Gasteiger charge is -2.41. The molecule has 0 amide bonds. The number of rotatable bonds is 7. The molecule has 11 nitrogen and oxygen atoms in total. The molecule has 0 spiro atoms. The predicted octanol–water partition coefficient (Wildman–Crippen LogP) is -1.82. The lowest BCUT2D eigenvalue weighted by atomic mass is 9.98. The molecule has 0 radical (unpaired) electrons. The van der Waals surface area contributed by atoms with Crippen LogP contribution in [0.3, 0.4) is 0 Å². The van der Waals surface area contributed by atoms with Crippen LogP contribution in [-0.2, 0) is 4.74 Å². The van der Waals surface area contributed by atoms with Crippen molar-refractivity contribution < 1.29 is 30.3 Å². The summed E-state index contributed by atoms with van der Waals surface area (Å²) in [6, 6.07) is 0. The lowest BCUT2D eigenvalue weighted by molar-refractivity contribution is -0.251. The number of aliphatic hydroxyl groups excluding tert-OH is 5. The Balaban J connectivity index is 1.83. The van der Waals surface area contributed by atoms with Crippen LogP contribution in [0.4, 0.5) is 5.82 Å². The molecular formula is C16H25N5O6. The van der Waals surface area contributed by atoms with Crippen molar-refractivity contribution in [3.8, 4) is 11.5 Å². The van der Waals surface area contributed by atoms with Crippen molar-refractivity contribution in [1.82, 2.24) is 19.5 Å². The highest BCUT2D eigenvalue weighted by atomic mass is 16.6. The third-order valence-electron chi connectivity index (χ3n) is 4.74. The van der Waals surface area contributed by atoms with E-state index in [1.807, 2.05) is 6.92 Å². The van der Waals surface area contributed by atoms with E-state index in [0.29, 0.717) is 23.9 Å².